The van der Waals surface area contributed by atoms with E-state index in [0.29, 0.717) is 16.5 Å². The van der Waals surface area contributed by atoms with E-state index in [1.54, 1.807) is 26.2 Å². The summed E-state index contributed by atoms with van der Waals surface area (Å²) in [5, 5.41) is 3.29. The molecule has 1 aromatic carbocycles. The van der Waals surface area contributed by atoms with Gasteiger partial charge < -0.3 is 10.1 Å². The van der Waals surface area contributed by atoms with Crippen LogP contribution in [0.25, 0.3) is 0 Å². The van der Waals surface area contributed by atoms with Crippen molar-refractivity contribution in [3.05, 3.63) is 24.3 Å². The smallest absolute Gasteiger partial charge is 0.244 e. The van der Waals surface area contributed by atoms with Gasteiger partial charge in [-0.05, 0) is 25.0 Å². The van der Waals surface area contributed by atoms with E-state index in [1.165, 1.54) is 4.31 Å². The van der Waals surface area contributed by atoms with Gasteiger partial charge >= 0.3 is 0 Å². The molecule has 1 N–H and O–H groups in total. The van der Waals surface area contributed by atoms with E-state index in [0.717, 1.165) is 26.0 Å². The van der Waals surface area contributed by atoms with Gasteiger partial charge in [0.1, 0.15) is 4.90 Å². The number of nitrogens with one attached hydrogen (secondary N) is 1. The SMILES string of the molecule is CCC1OCCC1CNc1ccccc1S(=O)(=O)N(C)C. The fourth-order valence-electron chi connectivity index (χ4n) is 2.65. The molecule has 1 aliphatic rings. The summed E-state index contributed by atoms with van der Waals surface area (Å²) in [4.78, 5) is 0.321. The van der Waals surface area contributed by atoms with Gasteiger partial charge in [0.2, 0.25) is 10.0 Å². The molecule has 1 aliphatic heterocycles. The summed E-state index contributed by atoms with van der Waals surface area (Å²) >= 11 is 0. The molecule has 0 amide bonds. The lowest BCUT2D eigenvalue weighted by atomic mass is 9.99. The molecule has 1 aromatic rings. The normalized spacial score (nSPS) is 22.7. The second kappa shape index (κ2) is 6.77. The number of para-hydroxylation sites is 1. The van der Waals surface area contributed by atoms with Gasteiger partial charge in [-0.15, -0.1) is 0 Å². The first-order chi connectivity index (χ1) is 9.96. The van der Waals surface area contributed by atoms with Gasteiger partial charge in [-0.1, -0.05) is 19.1 Å². The van der Waals surface area contributed by atoms with E-state index in [9.17, 15) is 8.42 Å². The van der Waals surface area contributed by atoms with E-state index in [2.05, 4.69) is 12.2 Å². The van der Waals surface area contributed by atoms with Crippen LogP contribution >= 0.6 is 0 Å². The summed E-state index contributed by atoms with van der Waals surface area (Å²) in [7, 11) is -0.341. The van der Waals surface area contributed by atoms with Gasteiger partial charge in [0, 0.05) is 33.2 Å². The fraction of sp³-hybridized carbons (Fsp3) is 0.600. The minimum Gasteiger partial charge on any atom is -0.384 e. The van der Waals surface area contributed by atoms with Crippen molar-refractivity contribution in [1.82, 2.24) is 4.31 Å². The Morgan fingerprint density at radius 3 is 2.71 bits per heavy atom. The maximum absolute atomic E-state index is 12.3. The number of ether oxygens (including phenoxy) is 1. The van der Waals surface area contributed by atoms with Crippen LogP contribution in [0.15, 0.2) is 29.2 Å². The third kappa shape index (κ3) is 3.56. The predicted molar refractivity (Wildman–Crippen MR) is 83.9 cm³/mol. The zero-order chi connectivity index (χ0) is 15.5. The number of nitrogens with zero attached hydrogens (tertiary/aromatic N) is 1. The van der Waals surface area contributed by atoms with Gasteiger partial charge in [-0.2, -0.15) is 0 Å². The molecule has 6 heteroatoms. The van der Waals surface area contributed by atoms with Crippen molar-refractivity contribution >= 4 is 15.7 Å². The molecule has 0 bridgehead atoms. The van der Waals surface area contributed by atoms with Crippen LogP contribution < -0.4 is 5.32 Å². The first kappa shape index (κ1) is 16.3. The van der Waals surface area contributed by atoms with Crippen LogP contribution in [-0.2, 0) is 14.8 Å². The Morgan fingerprint density at radius 1 is 1.33 bits per heavy atom. The van der Waals surface area contributed by atoms with Crippen molar-refractivity contribution < 1.29 is 13.2 Å². The van der Waals surface area contributed by atoms with Crippen LogP contribution in [0.5, 0.6) is 0 Å². The average Bonchev–Trinajstić information content (AvgIpc) is 2.92. The van der Waals surface area contributed by atoms with Crippen molar-refractivity contribution in [2.24, 2.45) is 5.92 Å². The lowest BCUT2D eigenvalue weighted by Crippen LogP contribution is -2.26. The Balaban J connectivity index is 2.14. The Morgan fingerprint density at radius 2 is 2.05 bits per heavy atom. The molecule has 0 spiro atoms. The van der Waals surface area contributed by atoms with Crippen LogP contribution in [0.2, 0.25) is 0 Å². The quantitative estimate of drug-likeness (QED) is 0.874. The summed E-state index contributed by atoms with van der Waals surface area (Å²) in [5.41, 5.74) is 0.660. The number of rotatable bonds is 6. The van der Waals surface area contributed by atoms with Crippen molar-refractivity contribution in [2.45, 2.75) is 30.8 Å². The van der Waals surface area contributed by atoms with Crippen molar-refractivity contribution in [2.75, 3.05) is 32.6 Å². The van der Waals surface area contributed by atoms with Crippen molar-refractivity contribution in [3.63, 3.8) is 0 Å². The van der Waals surface area contributed by atoms with Gasteiger partial charge in [0.15, 0.2) is 0 Å². The number of benzene rings is 1. The molecule has 0 saturated carbocycles. The van der Waals surface area contributed by atoms with E-state index >= 15 is 0 Å². The molecule has 0 aliphatic carbocycles. The summed E-state index contributed by atoms with van der Waals surface area (Å²) < 4.78 is 31.6. The fourth-order valence-corrected chi connectivity index (χ4v) is 3.71. The van der Waals surface area contributed by atoms with Crippen LogP contribution in [0, 0.1) is 5.92 Å². The summed E-state index contributed by atoms with van der Waals surface area (Å²) in [6.07, 6.45) is 2.29. The minimum atomic E-state index is -3.43. The molecular weight excluding hydrogens is 288 g/mol. The number of sulfonamides is 1. The molecule has 2 atom stereocenters. The monoisotopic (exact) mass is 312 g/mol. The second-order valence-corrected chi connectivity index (χ2v) is 7.65. The number of hydrogen-bond donors (Lipinski definition) is 1. The molecule has 5 nitrogen and oxygen atoms in total. The highest BCUT2D eigenvalue weighted by atomic mass is 32.2. The largest absolute Gasteiger partial charge is 0.384 e. The molecule has 1 fully saturated rings. The highest BCUT2D eigenvalue weighted by molar-refractivity contribution is 7.89. The van der Waals surface area contributed by atoms with E-state index < -0.39 is 10.0 Å². The summed E-state index contributed by atoms with van der Waals surface area (Å²) in [6, 6.07) is 7.04. The molecule has 0 aromatic heterocycles. The highest BCUT2D eigenvalue weighted by Crippen LogP contribution is 2.27. The molecule has 1 saturated heterocycles. The lowest BCUT2D eigenvalue weighted by Gasteiger charge is -2.20. The molecule has 2 rings (SSSR count). The topological polar surface area (TPSA) is 58.6 Å². The van der Waals surface area contributed by atoms with E-state index in [4.69, 9.17) is 4.74 Å². The van der Waals surface area contributed by atoms with Gasteiger partial charge in [-0.3, -0.25) is 0 Å². The van der Waals surface area contributed by atoms with Gasteiger partial charge in [0.25, 0.3) is 0 Å². The highest BCUT2D eigenvalue weighted by Gasteiger charge is 2.27. The van der Waals surface area contributed by atoms with Crippen molar-refractivity contribution in [1.29, 1.82) is 0 Å². The Kier molecular flexibility index (Phi) is 5.24. The van der Waals surface area contributed by atoms with Crippen LogP contribution in [0.1, 0.15) is 19.8 Å². The van der Waals surface area contributed by atoms with E-state index in [-0.39, 0.29) is 6.10 Å². The maximum Gasteiger partial charge on any atom is 0.244 e. The standard InChI is InChI=1S/C15H24N2O3S/c1-4-14-12(9-10-20-14)11-16-13-7-5-6-8-15(13)21(18,19)17(2)3/h5-8,12,14,16H,4,9-11H2,1-3H3. The predicted octanol–water partition coefficient (Wildman–Crippen LogP) is 2.16. The number of hydrogen-bond acceptors (Lipinski definition) is 4. The molecule has 1 heterocycles. The van der Waals surface area contributed by atoms with Crippen LogP contribution in [-0.4, -0.2) is 46.1 Å². The Labute approximate surface area is 127 Å². The second-order valence-electron chi connectivity index (χ2n) is 5.53. The van der Waals surface area contributed by atoms with E-state index in [1.807, 2.05) is 12.1 Å². The molecule has 21 heavy (non-hydrogen) atoms. The van der Waals surface area contributed by atoms with Crippen molar-refractivity contribution in [3.8, 4) is 0 Å². The lowest BCUT2D eigenvalue weighted by molar-refractivity contribution is 0.0900. The Hall–Kier alpha value is -1.11. The summed E-state index contributed by atoms with van der Waals surface area (Å²) in [5.74, 6) is 0.435. The minimum absolute atomic E-state index is 0.273. The Bertz CT molecular complexity index is 572. The zero-order valence-electron chi connectivity index (χ0n) is 12.9. The molecule has 0 radical (unpaired) electrons. The average molecular weight is 312 g/mol. The third-order valence-electron chi connectivity index (χ3n) is 3.95. The molecule has 118 valence electrons. The van der Waals surface area contributed by atoms with Crippen LogP contribution in [0.3, 0.4) is 0 Å². The molecule has 2 unspecified atom stereocenters. The molecular formula is C15H24N2O3S. The third-order valence-corrected chi connectivity index (χ3v) is 5.82. The zero-order valence-corrected chi connectivity index (χ0v) is 13.7. The first-order valence-corrected chi connectivity index (χ1v) is 8.77. The van der Waals surface area contributed by atoms with Gasteiger partial charge in [0.05, 0.1) is 11.8 Å². The maximum atomic E-state index is 12.3. The van der Waals surface area contributed by atoms with Crippen LogP contribution in [0.4, 0.5) is 5.69 Å². The first-order valence-electron chi connectivity index (χ1n) is 7.33. The number of anilines is 1. The van der Waals surface area contributed by atoms with Gasteiger partial charge in [-0.25, -0.2) is 12.7 Å². The summed E-state index contributed by atoms with van der Waals surface area (Å²) in [6.45, 7) is 3.65.